The molecule has 1 fully saturated rings. The number of hydrogen-bond donors (Lipinski definition) is 1. The van der Waals surface area contributed by atoms with Crippen molar-refractivity contribution >= 4 is 0 Å². The zero-order chi connectivity index (χ0) is 10.8. The number of hydrogen-bond acceptors (Lipinski definition) is 4. The van der Waals surface area contributed by atoms with Crippen LogP contribution in [0.4, 0.5) is 0 Å². The zero-order valence-electron chi connectivity index (χ0n) is 9.71. The SMILES string of the molecule is Cc1noc(C)c1CN1CCNCC1C. The van der Waals surface area contributed by atoms with Crippen LogP contribution in [0.25, 0.3) is 0 Å². The quantitative estimate of drug-likeness (QED) is 0.791. The molecule has 84 valence electrons. The van der Waals surface area contributed by atoms with Crippen LogP contribution in [0.3, 0.4) is 0 Å². The molecule has 0 aromatic carbocycles. The van der Waals surface area contributed by atoms with E-state index in [1.54, 1.807) is 0 Å². The standard InChI is InChI=1S/C11H19N3O/c1-8-6-12-4-5-14(8)7-11-9(2)13-15-10(11)3/h8,12H,4-7H2,1-3H3. The molecule has 0 saturated carbocycles. The molecule has 0 bridgehead atoms. The second kappa shape index (κ2) is 4.33. The molecular formula is C11H19N3O. The van der Waals surface area contributed by atoms with Gasteiger partial charge in [-0.2, -0.15) is 0 Å². The van der Waals surface area contributed by atoms with Gasteiger partial charge in [-0.25, -0.2) is 0 Å². The fourth-order valence-electron chi connectivity index (χ4n) is 2.05. The maximum absolute atomic E-state index is 5.18. The summed E-state index contributed by atoms with van der Waals surface area (Å²) in [5.41, 5.74) is 2.28. The molecule has 1 aromatic rings. The van der Waals surface area contributed by atoms with Crippen molar-refractivity contribution in [2.75, 3.05) is 19.6 Å². The van der Waals surface area contributed by atoms with E-state index in [-0.39, 0.29) is 0 Å². The lowest BCUT2D eigenvalue weighted by Gasteiger charge is -2.33. The number of aromatic nitrogens is 1. The highest BCUT2D eigenvalue weighted by molar-refractivity contribution is 5.20. The molecule has 1 N–H and O–H groups in total. The number of aryl methyl sites for hydroxylation is 2. The van der Waals surface area contributed by atoms with Crippen molar-refractivity contribution in [2.45, 2.75) is 33.4 Å². The average molecular weight is 209 g/mol. The molecular weight excluding hydrogens is 190 g/mol. The molecule has 2 heterocycles. The van der Waals surface area contributed by atoms with Gasteiger partial charge in [0.05, 0.1) is 5.69 Å². The van der Waals surface area contributed by atoms with Crippen molar-refractivity contribution in [1.29, 1.82) is 0 Å². The Morgan fingerprint density at radius 1 is 1.53 bits per heavy atom. The second-order valence-corrected chi connectivity index (χ2v) is 4.33. The summed E-state index contributed by atoms with van der Waals surface area (Å²) in [5.74, 6) is 0.957. The lowest BCUT2D eigenvalue weighted by molar-refractivity contribution is 0.164. The van der Waals surface area contributed by atoms with E-state index in [2.05, 4.69) is 22.3 Å². The summed E-state index contributed by atoms with van der Waals surface area (Å²) in [6, 6.07) is 0.590. The van der Waals surface area contributed by atoms with Crippen molar-refractivity contribution in [3.05, 3.63) is 17.0 Å². The molecule has 0 radical (unpaired) electrons. The molecule has 1 aliphatic heterocycles. The van der Waals surface area contributed by atoms with E-state index < -0.39 is 0 Å². The molecule has 4 nitrogen and oxygen atoms in total. The van der Waals surface area contributed by atoms with E-state index in [0.29, 0.717) is 6.04 Å². The number of piperazine rings is 1. The van der Waals surface area contributed by atoms with E-state index >= 15 is 0 Å². The van der Waals surface area contributed by atoms with Crippen molar-refractivity contribution in [1.82, 2.24) is 15.4 Å². The Labute approximate surface area is 90.6 Å². The van der Waals surface area contributed by atoms with Crippen molar-refractivity contribution < 1.29 is 4.52 Å². The van der Waals surface area contributed by atoms with Gasteiger partial charge in [0, 0.05) is 37.8 Å². The monoisotopic (exact) mass is 209 g/mol. The number of rotatable bonds is 2. The van der Waals surface area contributed by atoms with Gasteiger partial charge in [-0.1, -0.05) is 5.16 Å². The molecule has 1 atom stereocenters. The van der Waals surface area contributed by atoms with E-state index in [9.17, 15) is 0 Å². The normalized spacial score (nSPS) is 23.3. The van der Waals surface area contributed by atoms with Gasteiger partial charge in [0.25, 0.3) is 0 Å². The van der Waals surface area contributed by atoms with Crippen LogP contribution in [0.2, 0.25) is 0 Å². The molecule has 1 aromatic heterocycles. The minimum atomic E-state index is 0.590. The predicted molar refractivity (Wildman–Crippen MR) is 58.7 cm³/mol. The highest BCUT2D eigenvalue weighted by atomic mass is 16.5. The van der Waals surface area contributed by atoms with Crippen molar-refractivity contribution in [3.63, 3.8) is 0 Å². The van der Waals surface area contributed by atoms with Gasteiger partial charge in [-0.05, 0) is 20.8 Å². The van der Waals surface area contributed by atoms with E-state index in [1.807, 2.05) is 13.8 Å². The highest BCUT2D eigenvalue weighted by Gasteiger charge is 2.20. The van der Waals surface area contributed by atoms with Gasteiger partial charge >= 0.3 is 0 Å². The maximum Gasteiger partial charge on any atom is 0.138 e. The van der Waals surface area contributed by atoms with Gasteiger partial charge in [0.2, 0.25) is 0 Å². The second-order valence-electron chi connectivity index (χ2n) is 4.33. The Hall–Kier alpha value is -0.870. The molecule has 1 unspecified atom stereocenters. The van der Waals surface area contributed by atoms with Crippen molar-refractivity contribution in [3.8, 4) is 0 Å². The lowest BCUT2D eigenvalue weighted by Crippen LogP contribution is -2.49. The summed E-state index contributed by atoms with van der Waals surface area (Å²) < 4.78 is 5.18. The molecule has 2 rings (SSSR count). The van der Waals surface area contributed by atoms with E-state index in [0.717, 1.165) is 37.6 Å². The third-order valence-corrected chi connectivity index (χ3v) is 3.18. The first-order chi connectivity index (χ1) is 7.18. The minimum Gasteiger partial charge on any atom is -0.361 e. The summed E-state index contributed by atoms with van der Waals surface area (Å²) in [6.07, 6.45) is 0. The summed E-state index contributed by atoms with van der Waals surface area (Å²) in [6.45, 7) is 10.5. The average Bonchev–Trinajstić information content (AvgIpc) is 2.53. The van der Waals surface area contributed by atoms with Crippen LogP contribution in [0, 0.1) is 13.8 Å². The predicted octanol–water partition coefficient (Wildman–Crippen LogP) is 1.09. The number of nitrogens with zero attached hydrogens (tertiary/aromatic N) is 2. The smallest absolute Gasteiger partial charge is 0.138 e. The van der Waals surface area contributed by atoms with Crippen molar-refractivity contribution in [2.24, 2.45) is 0 Å². The molecule has 1 aliphatic rings. The van der Waals surface area contributed by atoms with Gasteiger partial charge in [0.1, 0.15) is 5.76 Å². The van der Waals surface area contributed by atoms with E-state index in [4.69, 9.17) is 4.52 Å². The number of nitrogens with one attached hydrogen (secondary N) is 1. The van der Waals surface area contributed by atoms with Gasteiger partial charge in [-0.15, -0.1) is 0 Å². The Morgan fingerprint density at radius 2 is 2.33 bits per heavy atom. The highest BCUT2D eigenvalue weighted by Crippen LogP contribution is 2.16. The summed E-state index contributed by atoms with van der Waals surface area (Å²) in [7, 11) is 0. The first-order valence-electron chi connectivity index (χ1n) is 5.55. The van der Waals surface area contributed by atoms with Crippen LogP contribution < -0.4 is 5.32 Å². The summed E-state index contributed by atoms with van der Waals surface area (Å²) in [5, 5.41) is 7.38. The van der Waals surface area contributed by atoms with Gasteiger partial charge < -0.3 is 9.84 Å². The Kier molecular flexibility index (Phi) is 3.07. The lowest BCUT2D eigenvalue weighted by atomic mass is 10.1. The molecule has 1 saturated heterocycles. The van der Waals surface area contributed by atoms with Crippen LogP contribution >= 0.6 is 0 Å². The Balaban J connectivity index is 2.07. The van der Waals surface area contributed by atoms with Crippen LogP contribution in [0.15, 0.2) is 4.52 Å². The molecule has 0 amide bonds. The summed E-state index contributed by atoms with van der Waals surface area (Å²) >= 11 is 0. The minimum absolute atomic E-state index is 0.590. The molecule has 0 aliphatic carbocycles. The largest absolute Gasteiger partial charge is 0.361 e. The summed E-state index contributed by atoms with van der Waals surface area (Å²) in [4.78, 5) is 2.48. The van der Waals surface area contributed by atoms with Gasteiger partial charge in [0.15, 0.2) is 0 Å². The van der Waals surface area contributed by atoms with E-state index in [1.165, 1.54) is 5.56 Å². The fraction of sp³-hybridized carbons (Fsp3) is 0.727. The van der Waals surface area contributed by atoms with Crippen LogP contribution in [-0.4, -0.2) is 35.7 Å². The molecule has 15 heavy (non-hydrogen) atoms. The first-order valence-corrected chi connectivity index (χ1v) is 5.55. The maximum atomic E-state index is 5.18. The first kappa shape index (κ1) is 10.6. The van der Waals surface area contributed by atoms with Gasteiger partial charge in [-0.3, -0.25) is 4.90 Å². The zero-order valence-corrected chi connectivity index (χ0v) is 9.71. The third-order valence-electron chi connectivity index (χ3n) is 3.18. The Morgan fingerprint density at radius 3 is 2.93 bits per heavy atom. The topological polar surface area (TPSA) is 41.3 Å². The third kappa shape index (κ3) is 2.21. The van der Waals surface area contributed by atoms with Crippen LogP contribution in [0.1, 0.15) is 23.9 Å². The Bertz CT molecular complexity index is 315. The van der Waals surface area contributed by atoms with Crippen LogP contribution in [0.5, 0.6) is 0 Å². The molecule has 0 spiro atoms. The fourth-order valence-corrected chi connectivity index (χ4v) is 2.05. The molecule has 4 heteroatoms. The van der Waals surface area contributed by atoms with Crippen LogP contribution in [-0.2, 0) is 6.54 Å².